The minimum atomic E-state index is -2.77. The molecule has 0 amide bonds. The number of fused-ring (bicyclic) bond motifs is 2. The van der Waals surface area contributed by atoms with E-state index < -0.39 is 6.61 Å². The lowest BCUT2D eigenvalue weighted by atomic mass is 9.94. The topological polar surface area (TPSA) is 24.5 Å². The van der Waals surface area contributed by atoms with Crippen molar-refractivity contribution in [2.75, 3.05) is 19.6 Å². The number of hydrogen-bond donors (Lipinski definition) is 1. The van der Waals surface area contributed by atoms with E-state index in [0.717, 1.165) is 18.5 Å². The summed E-state index contributed by atoms with van der Waals surface area (Å²) < 4.78 is 29.3. The summed E-state index contributed by atoms with van der Waals surface area (Å²) in [6.45, 7) is 1.34. The molecular weight excluding hydrogens is 262 g/mol. The van der Waals surface area contributed by atoms with E-state index in [4.69, 9.17) is 0 Å². The van der Waals surface area contributed by atoms with Crippen molar-refractivity contribution in [3.63, 3.8) is 0 Å². The summed E-state index contributed by atoms with van der Waals surface area (Å²) in [6, 6.07) is 7.51. The maximum atomic E-state index is 12.4. The normalized spacial score (nSPS) is 28.9. The van der Waals surface area contributed by atoms with Gasteiger partial charge in [0, 0.05) is 24.7 Å². The van der Waals surface area contributed by atoms with Gasteiger partial charge in [0.1, 0.15) is 5.75 Å². The second kappa shape index (κ2) is 6.06. The first-order valence-electron chi connectivity index (χ1n) is 7.21. The van der Waals surface area contributed by atoms with Crippen molar-refractivity contribution >= 4 is 0 Å². The zero-order valence-corrected chi connectivity index (χ0v) is 11.4. The summed E-state index contributed by atoms with van der Waals surface area (Å²) in [4.78, 5) is 2.50. The van der Waals surface area contributed by atoms with Crippen LogP contribution in [0.15, 0.2) is 24.3 Å². The summed E-state index contributed by atoms with van der Waals surface area (Å²) in [6.07, 6.45) is 2.38. The highest BCUT2D eigenvalue weighted by Crippen LogP contribution is 2.28. The number of nitrogens with one attached hydrogen (secondary N) is 1. The van der Waals surface area contributed by atoms with Gasteiger partial charge in [-0.3, -0.25) is 0 Å². The average Bonchev–Trinajstić information content (AvgIpc) is 2.81. The van der Waals surface area contributed by atoms with E-state index in [-0.39, 0.29) is 5.75 Å². The highest BCUT2D eigenvalue weighted by molar-refractivity contribution is 5.33. The highest BCUT2D eigenvalue weighted by atomic mass is 19.3. The smallest absolute Gasteiger partial charge is 0.387 e. The fourth-order valence-electron chi connectivity index (χ4n) is 3.32. The predicted octanol–water partition coefficient (Wildman–Crippen LogP) is 2.47. The van der Waals surface area contributed by atoms with Crippen molar-refractivity contribution in [2.45, 2.75) is 32.0 Å². The molecule has 0 aliphatic carbocycles. The molecule has 2 bridgehead atoms. The van der Waals surface area contributed by atoms with Gasteiger partial charge in [-0.05, 0) is 37.9 Å². The molecule has 0 saturated carbocycles. The summed E-state index contributed by atoms with van der Waals surface area (Å²) in [7, 11) is 0. The number of alkyl halides is 2. The van der Waals surface area contributed by atoms with Crippen LogP contribution in [0.4, 0.5) is 8.78 Å². The highest BCUT2D eigenvalue weighted by Gasteiger charge is 2.33. The van der Waals surface area contributed by atoms with Crippen LogP contribution in [0.2, 0.25) is 0 Å². The predicted molar refractivity (Wildman–Crippen MR) is 72.9 cm³/mol. The molecule has 1 aromatic rings. The SMILES string of the molecule is FC(F)Oc1ccccc1CNC1CCN2CCC1C2. The molecule has 2 heterocycles. The van der Waals surface area contributed by atoms with E-state index in [1.54, 1.807) is 12.1 Å². The maximum absolute atomic E-state index is 12.4. The fraction of sp³-hybridized carbons (Fsp3) is 0.600. The van der Waals surface area contributed by atoms with Crippen molar-refractivity contribution in [2.24, 2.45) is 5.92 Å². The van der Waals surface area contributed by atoms with Crippen LogP contribution in [0.3, 0.4) is 0 Å². The molecule has 2 fully saturated rings. The first kappa shape index (κ1) is 13.8. The molecule has 0 spiro atoms. The Hall–Kier alpha value is -1.20. The van der Waals surface area contributed by atoms with E-state index in [2.05, 4.69) is 15.0 Å². The average molecular weight is 282 g/mol. The summed E-state index contributed by atoms with van der Waals surface area (Å²) >= 11 is 0. The number of rotatable bonds is 5. The molecule has 0 radical (unpaired) electrons. The second-order valence-corrected chi connectivity index (χ2v) is 5.61. The summed E-state index contributed by atoms with van der Waals surface area (Å²) in [5.41, 5.74) is 0.799. The van der Waals surface area contributed by atoms with Gasteiger partial charge >= 0.3 is 6.61 Å². The van der Waals surface area contributed by atoms with Gasteiger partial charge in [0.05, 0.1) is 0 Å². The van der Waals surface area contributed by atoms with Gasteiger partial charge in [0.25, 0.3) is 0 Å². The molecule has 3 nitrogen and oxygen atoms in total. The largest absolute Gasteiger partial charge is 0.434 e. The van der Waals surface area contributed by atoms with Crippen LogP contribution in [0.5, 0.6) is 5.75 Å². The van der Waals surface area contributed by atoms with Gasteiger partial charge in [-0.2, -0.15) is 8.78 Å². The minimum absolute atomic E-state index is 0.277. The Morgan fingerprint density at radius 1 is 1.25 bits per heavy atom. The van der Waals surface area contributed by atoms with Crippen LogP contribution in [0.1, 0.15) is 18.4 Å². The third-order valence-corrected chi connectivity index (χ3v) is 4.38. The molecule has 2 aliphatic heterocycles. The van der Waals surface area contributed by atoms with Crippen LogP contribution in [-0.2, 0) is 6.54 Å². The molecule has 3 unspecified atom stereocenters. The molecule has 2 saturated heterocycles. The van der Waals surface area contributed by atoms with Crippen LogP contribution < -0.4 is 10.1 Å². The first-order valence-corrected chi connectivity index (χ1v) is 7.21. The summed E-state index contributed by atoms with van der Waals surface area (Å²) in [5, 5.41) is 3.53. The van der Waals surface area contributed by atoms with E-state index >= 15 is 0 Å². The monoisotopic (exact) mass is 282 g/mol. The van der Waals surface area contributed by atoms with Crippen LogP contribution >= 0.6 is 0 Å². The quantitative estimate of drug-likeness (QED) is 0.898. The van der Waals surface area contributed by atoms with E-state index in [1.807, 2.05) is 12.1 Å². The number of hydrogen-bond acceptors (Lipinski definition) is 3. The standard InChI is InChI=1S/C15H20F2N2O/c16-15(17)20-14-4-2-1-3-11(14)9-18-13-6-8-19-7-5-12(13)10-19/h1-4,12-13,15,18H,5-10H2. The van der Waals surface area contributed by atoms with Gasteiger partial charge in [0.15, 0.2) is 0 Å². The van der Waals surface area contributed by atoms with E-state index in [1.165, 1.54) is 19.5 Å². The van der Waals surface area contributed by atoms with E-state index in [0.29, 0.717) is 18.5 Å². The lowest BCUT2D eigenvalue weighted by molar-refractivity contribution is -0.0505. The van der Waals surface area contributed by atoms with Crippen molar-refractivity contribution in [1.82, 2.24) is 10.2 Å². The Kier molecular flexibility index (Phi) is 4.17. The van der Waals surface area contributed by atoms with Crippen molar-refractivity contribution < 1.29 is 13.5 Å². The number of ether oxygens (including phenoxy) is 1. The number of nitrogens with zero attached hydrogens (tertiary/aromatic N) is 1. The van der Waals surface area contributed by atoms with Gasteiger partial charge in [-0.25, -0.2) is 0 Å². The molecular formula is C15H20F2N2O. The third-order valence-electron chi connectivity index (χ3n) is 4.38. The third kappa shape index (κ3) is 3.10. The Balaban J connectivity index is 1.60. The molecule has 1 aromatic carbocycles. The van der Waals surface area contributed by atoms with Crippen molar-refractivity contribution in [3.8, 4) is 5.75 Å². The minimum Gasteiger partial charge on any atom is -0.434 e. The van der Waals surface area contributed by atoms with Crippen molar-refractivity contribution in [3.05, 3.63) is 29.8 Å². The van der Waals surface area contributed by atoms with Crippen molar-refractivity contribution in [1.29, 1.82) is 0 Å². The summed E-state index contributed by atoms with van der Waals surface area (Å²) in [5.74, 6) is 0.978. The Labute approximate surface area is 117 Å². The number of para-hydroxylation sites is 1. The molecule has 3 atom stereocenters. The van der Waals surface area contributed by atoms with Crippen LogP contribution in [-0.4, -0.2) is 37.2 Å². The van der Waals surface area contributed by atoms with Gasteiger partial charge < -0.3 is 15.0 Å². The van der Waals surface area contributed by atoms with Crippen LogP contribution in [0, 0.1) is 5.92 Å². The second-order valence-electron chi connectivity index (χ2n) is 5.61. The molecule has 3 rings (SSSR count). The van der Waals surface area contributed by atoms with E-state index in [9.17, 15) is 8.78 Å². The van der Waals surface area contributed by atoms with Gasteiger partial charge in [-0.15, -0.1) is 0 Å². The molecule has 2 aliphatic rings. The first-order chi connectivity index (χ1) is 9.72. The fourth-order valence-corrected chi connectivity index (χ4v) is 3.32. The van der Waals surface area contributed by atoms with Crippen LogP contribution in [0.25, 0.3) is 0 Å². The molecule has 110 valence electrons. The Morgan fingerprint density at radius 2 is 2.05 bits per heavy atom. The Morgan fingerprint density at radius 3 is 2.90 bits per heavy atom. The zero-order valence-electron chi connectivity index (χ0n) is 11.4. The zero-order chi connectivity index (χ0) is 13.9. The molecule has 5 heteroatoms. The number of halogens is 2. The Bertz CT molecular complexity index is 455. The molecule has 20 heavy (non-hydrogen) atoms. The maximum Gasteiger partial charge on any atom is 0.387 e. The lowest BCUT2D eigenvalue weighted by Crippen LogP contribution is -2.43. The van der Waals surface area contributed by atoms with Gasteiger partial charge in [0.2, 0.25) is 0 Å². The lowest BCUT2D eigenvalue weighted by Gasteiger charge is -2.31. The number of piperidine rings is 1. The number of benzene rings is 1. The van der Waals surface area contributed by atoms with Gasteiger partial charge in [-0.1, -0.05) is 18.2 Å². The molecule has 1 N–H and O–H groups in total. The molecule has 0 aromatic heterocycles.